The molecule has 2 aliphatic rings. The molecule has 0 unspecified atom stereocenters. The average molecular weight is 399 g/mol. The summed E-state index contributed by atoms with van der Waals surface area (Å²) in [7, 11) is 0. The van der Waals surface area contributed by atoms with E-state index in [0.29, 0.717) is 52.2 Å². The number of hydrogen-bond donors (Lipinski definition) is 1. The van der Waals surface area contributed by atoms with Gasteiger partial charge in [0.25, 0.3) is 5.91 Å². The molecule has 6 nitrogen and oxygen atoms in total. The topological polar surface area (TPSA) is 75.9 Å². The largest absolute Gasteiger partial charge is 0.416 e. The van der Waals surface area contributed by atoms with Gasteiger partial charge in [-0.15, -0.1) is 0 Å². The van der Waals surface area contributed by atoms with Gasteiger partial charge in [-0.05, 0) is 37.1 Å². The summed E-state index contributed by atoms with van der Waals surface area (Å²) in [4.78, 5) is 28.8. The normalized spacial score (nSPS) is 20.1. The third-order valence-electron chi connectivity index (χ3n) is 5.61. The highest BCUT2D eigenvalue weighted by Crippen LogP contribution is 2.32. The van der Waals surface area contributed by atoms with E-state index in [4.69, 9.17) is 10.5 Å². The molecular weight excluding hydrogens is 375 g/mol. The quantitative estimate of drug-likeness (QED) is 0.840. The molecule has 0 aliphatic carbocycles. The maximum absolute atomic E-state index is 13.0. The number of carbonyl (C=O) groups excluding carboxylic acids is 2. The number of amides is 2. The van der Waals surface area contributed by atoms with E-state index in [1.54, 1.807) is 9.80 Å². The first-order valence-electron chi connectivity index (χ1n) is 9.30. The molecule has 0 radical (unpaired) electrons. The van der Waals surface area contributed by atoms with Crippen LogP contribution in [0.15, 0.2) is 24.3 Å². The molecule has 9 heteroatoms. The van der Waals surface area contributed by atoms with Crippen molar-refractivity contribution in [2.75, 3.05) is 45.9 Å². The molecule has 2 aliphatic heterocycles. The van der Waals surface area contributed by atoms with Gasteiger partial charge >= 0.3 is 6.18 Å². The summed E-state index contributed by atoms with van der Waals surface area (Å²) in [5.74, 6) is -0.333. The monoisotopic (exact) mass is 399 g/mol. The Morgan fingerprint density at radius 3 is 2.04 bits per heavy atom. The van der Waals surface area contributed by atoms with Gasteiger partial charge < -0.3 is 20.3 Å². The average Bonchev–Trinajstić information content (AvgIpc) is 2.73. The third kappa shape index (κ3) is 4.15. The highest BCUT2D eigenvalue weighted by Gasteiger charge is 2.42. The number of hydrogen-bond acceptors (Lipinski definition) is 4. The van der Waals surface area contributed by atoms with Crippen LogP contribution in [0.25, 0.3) is 0 Å². The molecule has 2 amide bonds. The predicted octanol–water partition coefficient (Wildman–Crippen LogP) is 1.75. The van der Waals surface area contributed by atoms with Gasteiger partial charge in [-0.3, -0.25) is 9.59 Å². The van der Waals surface area contributed by atoms with E-state index in [2.05, 4.69) is 0 Å². The lowest BCUT2D eigenvalue weighted by atomic mass is 9.78. The van der Waals surface area contributed by atoms with Crippen LogP contribution in [-0.2, 0) is 15.7 Å². The van der Waals surface area contributed by atoms with Crippen molar-refractivity contribution in [1.29, 1.82) is 0 Å². The van der Waals surface area contributed by atoms with Gasteiger partial charge in [0.15, 0.2) is 0 Å². The first-order valence-corrected chi connectivity index (χ1v) is 9.30. The molecule has 2 saturated heterocycles. The van der Waals surface area contributed by atoms with Crippen molar-refractivity contribution >= 4 is 11.8 Å². The smallest absolute Gasteiger partial charge is 0.381 e. The fourth-order valence-corrected chi connectivity index (χ4v) is 3.70. The fraction of sp³-hybridized carbons (Fsp3) is 0.579. The van der Waals surface area contributed by atoms with Crippen LogP contribution in [0.3, 0.4) is 0 Å². The minimum atomic E-state index is -4.43. The van der Waals surface area contributed by atoms with Gasteiger partial charge in [-0.2, -0.15) is 13.2 Å². The number of nitrogens with zero attached hydrogens (tertiary/aromatic N) is 2. The molecule has 0 bridgehead atoms. The molecule has 3 rings (SSSR count). The zero-order valence-corrected chi connectivity index (χ0v) is 15.5. The van der Waals surface area contributed by atoms with Crippen LogP contribution < -0.4 is 5.73 Å². The highest BCUT2D eigenvalue weighted by molar-refractivity contribution is 5.94. The Kier molecular flexibility index (Phi) is 5.95. The van der Waals surface area contributed by atoms with Crippen molar-refractivity contribution < 1.29 is 27.5 Å². The van der Waals surface area contributed by atoms with Gasteiger partial charge in [0, 0.05) is 51.5 Å². The van der Waals surface area contributed by atoms with E-state index in [-0.39, 0.29) is 23.9 Å². The zero-order valence-electron chi connectivity index (χ0n) is 15.5. The molecule has 1 aromatic carbocycles. The molecule has 2 fully saturated rings. The maximum Gasteiger partial charge on any atom is 0.416 e. The van der Waals surface area contributed by atoms with Crippen LogP contribution in [0.4, 0.5) is 13.2 Å². The van der Waals surface area contributed by atoms with E-state index in [0.717, 1.165) is 12.1 Å². The van der Waals surface area contributed by atoms with E-state index in [1.165, 1.54) is 12.1 Å². The number of alkyl halides is 3. The second kappa shape index (κ2) is 8.08. The Balaban J connectivity index is 1.60. The molecule has 0 saturated carbocycles. The SMILES string of the molecule is NCC1(C(=O)N2CCN(C(=O)c3ccc(C(F)(F)F)cc3)CC2)CCOCC1. The van der Waals surface area contributed by atoms with Crippen LogP contribution in [0.2, 0.25) is 0 Å². The summed E-state index contributed by atoms with van der Waals surface area (Å²) >= 11 is 0. The summed E-state index contributed by atoms with van der Waals surface area (Å²) in [5, 5.41) is 0. The van der Waals surface area contributed by atoms with E-state index >= 15 is 0 Å². The molecule has 2 heterocycles. The third-order valence-corrected chi connectivity index (χ3v) is 5.61. The van der Waals surface area contributed by atoms with Gasteiger partial charge in [0.2, 0.25) is 5.91 Å². The lowest BCUT2D eigenvalue weighted by Gasteiger charge is -2.42. The van der Waals surface area contributed by atoms with Gasteiger partial charge in [0.1, 0.15) is 0 Å². The van der Waals surface area contributed by atoms with Crippen molar-refractivity contribution in [2.45, 2.75) is 19.0 Å². The molecule has 2 N–H and O–H groups in total. The first-order chi connectivity index (χ1) is 13.3. The lowest BCUT2D eigenvalue weighted by molar-refractivity contribution is -0.148. The molecule has 28 heavy (non-hydrogen) atoms. The number of benzene rings is 1. The van der Waals surface area contributed by atoms with Crippen LogP contribution in [0.5, 0.6) is 0 Å². The molecular formula is C19H24F3N3O3. The van der Waals surface area contributed by atoms with Crippen molar-refractivity contribution in [3.63, 3.8) is 0 Å². The number of ether oxygens (including phenoxy) is 1. The fourth-order valence-electron chi connectivity index (χ4n) is 3.70. The highest BCUT2D eigenvalue weighted by atomic mass is 19.4. The first kappa shape index (κ1) is 20.6. The van der Waals surface area contributed by atoms with E-state index in [1.807, 2.05) is 0 Å². The minimum Gasteiger partial charge on any atom is -0.381 e. The molecule has 0 aromatic heterocycles. The summed E-state index contributed by atoms with van der Waals surface area (Å²) in [5.41, 5.74) is 4.71. The van der Waals surface area contributed by atoms with Gasteiger partial charge in [0.05, 0.1) is 11.0 Å². The summed E-state index contributed by atoms with van der Waals surface area (Å²) < 4.78 is 43.3. The lowest BCUT2D eigenvalue weighted by Crippen LogP contribution is -2.57. The standard InChI is InChI=1S/C19H24F3N3O3/c20-19(21,22)15-3-1-14(2-4-15)16(26)24-7-9-25(10-8-24)17(27)18(13-23)5-11-28-12-6-18/h1-4H,5-13,23H2. The minimum absolute atomic E-state index is 0.0000656. The van der Waals surface area contributed by atoms with Crippen molar-refractivity contribution in [1.82, 2.24) is 9.80 Å². The number of halogens is 3. The van der Waals surface area contributed by atoms with Crippen LogP contribution >= 0.6 is 0 Å². The second-order valence-corrected chi connectivity index (χ2v) is 7.26. The molecule has 0 atom stereocenters. The van der Waals surface area contributed by atoms with Crippen molar-refractivity contribution in [2.24, 2.45) is 11.1 Å². The predicted molar refractivity (Wildman–Crippen MR) is 95.5 cm³/mol. The van der Waals surface area contributed by atoms with Crippen LogP contribution in [0.1, 0.15) is 28.8 Å². The molecule has 154 valence electrons. The Morgan fingerprint density at radius 2 is 1.54 bits per heavy atom. The van der Waals surface area contributed by atoms with E-state index < -0.39 is 17.2 Å². The van der Waals surface area contributed by atoms with E-state index in [9.17, 15) is 22.8 Å². The number of rotatable bonds is 3. The Morgan fingerprint density at radius 1 is 1.00 bits per heavy atom. The second-order valence-electron chi connectivity index (χ2n) is 7.26. The molecule has 0 spiro atoms. The van der Waals surface area contributed by atoms with Crippen molar-refractivity contribution in [3.05, 3.63) is 35.4 Å². The van der Waals surface area contributed by atoms with Gasteiger partial charge in [-0.25, -0.2) is 0 Å². The number of piperazine rings is 1. The zero-order chi connectivity index (χ0) is 20.4. The number of nitrogens with two attached hydrogens (primary N) is 1. The summed E-state index contributed by atoms with van der Waals surface area (Å²) in [6.45, 7) is 2.72. The maximum atomic E-state index is 13.0. The Hall–Kier alpha value is -2.13. The van der Waals surface area contributed by atoms with Crippen molar-refractivity contribution in [3.8, 4) is 0 Å². The number of carbonyl (C=O) groups is 2. The Labute approximate surface area is 161 Å². The van der Waals surface area contributed by atoms with Crippen LogP contribution in [-0.4, -0.2) is 67.6 Å². The molecule has 1 aromatic rings. The summed E-state index contributed by atoms with van der Waals surface area (Å²) in [6, 6.07) is 4.19. The van der Waals surface area contributed by atoms with Gasteiger partial charge in [-0.1, -0.05) is 0 Å². The Bertz CT molecular complexity index is 707. The summed E-state index contributed by atoms with van der Waals surface area (Å²) in [6.07, 6.45) is -3.25. The van der Waals surface area contributed by atoms with Crippen LogP contribution in [0, 0.1) is 5.41 Å².